The molecule has 2 aliphatic heterocycles. The average molecular weight is 261 g/mol. The summed E-state index contributed by atoms with van der Waals surface area (Å²) in [5.74, 6) is 0.842. The van der Waals surface area contributed by atoms with Crippen molar-refractivity contribution in [1.82, 2.24) is 5.32 Å². The van der Waals surface area contributed by atoms with Crippen LogP contribution in [0.25, 0.3) is 0 Å². The van der Waals surface area contributed by atoms with E-state index in [1.807, 2.05) is 13.0 Å². The molecule has 0 aliphatic carbocycles. The summed E-state index contributed by atoms with van der Waals surface area (Å²) in [5, 5.41) is 6.28. The molecule has 1 amide bonds. The Bertz CT molecular complexity index is 496. The molecule has 3 rings (SSSR count). The largest absolute Gasteiger partial charge is 0.489 e. The van der Waals surface area contributed by atoms with Crippen LogP contribution in [0.4, 0.5) is 11.4 Å². The molecule has 1 saturated heterocycles. The van der Waals surface area contributed by atoms with Crippen molar-refractivity contribution in [1.29, 1.82) is 0 Å². The van der Waals surface area contributed by atoms with Gasteiger partial charge < -0.3 is 20.3 Å². The third-order valence-corrected chi connectivity index (χ3v) is 3.52. The van der Waals surface area contributed by atoms with E-state index in [0.29, 0.717) is 13.0 Å². The molecule has 0 saturated carbocycles. The Hall–Kier alpha value is -1.75. The Morgan fingerprint density at radius 1 is 1.26 bits per heavy atom. The van der Waals surface area contributed by atoms with Gasteiger partial charge >= 0.3 is 0 Å². The molecule has 19 heavy (non-hydrogen) atoms. The highest BCUT2D eigenvalue weighted by Crippen LogP contribution is 2.38. The molecule has 5 nitrogen and oxygen atoms in total. The molecule has 0 spiro atoms. The lowest BCUT2D eigenvalue weighted by Crippen LogP contribution is -2.43. The van der Waals surface area contributed by atoms with Gasteiger partial charge in [0.2, 0.25) is 5.91 Å². The molecule has 5 heteroatoms. The molecule has 0 aromatic heterocycles. The maximum atomic E-state index is 11.6. The van der Waals surface area contributed by atoms with Crippen LogP contribution >= 0.6 is 0 Å². The van der Waals surface area contributed by atoms with Crippen molar-refractivity contribution >= 4 is 17.3 Å². The minimum atomic E-state index is 0.0237. The third kappa shape index (κ3) is 2.51. The van der Waals surface area contributed by atoms with Gasteiger partial charge in [-0.1, -0.05) is 0 Å². The van der Waals surface area contributed by atoms with Gasteiger partial charge in [-0.15, -0.1) is 0 Å². The number of anilines is 2. The summed E-state index contributed by atoms with van der Waals surface area (Å²) in [6, 6.07) is 4.12. The molecule has 102 valence electrons. The molecule has 0 atom stereocenters. The summed E-state index contributed by atoms with van der Waals surface area (Å²) in [6.07, 6.45) is 0.411. The Balaban J connectivity index is 2.01. The zero-order valence-corrected chi connectivity index (χ0v) is 11.2. The summed E-state index contributed by atoms with van der Waals surface area (Å²) >= 11 is 0. The molecular formula is C14H19N3O2. The first-order chi connectivity index (χ1) is 9.24. The number of hydrogen-bond acceptors (Lipinski definition) is 4. The van der Waals surface area contributed by atoms with Crippen molar-refractivity contribution in [3.05, 3.63) is 17.7 Å². The molecule has 1 aromatic carbocycles. The van der Waals surface area contributed by atoms with E-state index in [1.54, 1.807) is 0 Å². The van der Waals surface area contributed by atoms with Crippen molar-refractivity contribution in [2.75, 3.05) is 43.0 Å². The lowest BCUT2D eigenvalue weighted by molar-refractivity contribution is -0.116. The van der Waals surface area contributed by atoms with E-state index in [2.05, 4.69) is 21.6 Å². The van der Waals surface area contributed by atoms with Gasteiger partial charge in [-0.05, 0) is 24.6 Å². The number of aryl methyl sites for hydroxylation is 1. The fourth-order valence-electron chi connectivity index (χ4n) is 2.60. The number of fused-ring (bicyclic) bond motifs is 1. The first-order valence-electron chi connectivity index (χ1n) is 6.77. The van der Waals surface area contributed by atoms with E-state index in [9.17, 15) is 4.79 Å². The zero-order valence-electron chi connectivity index (χ0n) is 11.2. The van der Waals surface area contributed by atoms with E-state index < -0.39 is 0 Å². The van der Waals surface area contributed by atoms with Crippen LogP contribution in [0.5, 0.6) is 5.75 Å². The second kappa shape index (κ2) is 5.09. The van der Waals surface area contributed by atoms with Crippen LogP contribution in [-0.2, 0) is 4.79 Å². The number of nitrogens with one attached hydrogen (secondary N) is 2. The molecule has 1 aromatic rings. The Morgan fingerprint density at radius 3 is 2.84 bits per heavy atom. The number of nitrogens with zero attached hydrogens (tertiary/aromatic N) is 1. The first kappa shape index (κ1) is 12.3. The van der Waals surface area contributed by atoms with E-state index in [-0.39, 0.29) is 5.91 Å². The van der Waals surface area contributed by atoms with Crippen molar-refractivity contribution in [3.63, 3.8) is 0 Å². The standard InChI is InChI=1S/C14H19N3O2/c1-10-8-11-14(19-7-2-13(18)16-11)12(9-10)17-5-3-15-4-6-17/h8-9,15H,2-7H2,1H3,(H,16,18). The number of benzene rings is 1. The molecule has 2 heterocycles. The monoisotopic (exact) mass is 261 g/mol. The summed E-state index contributed by atoms with van der Waals surface area (Å²) in [5.41, 5.74) is 3.04. The predicted molar refractivity (Wildman–Crippen MR) is 75.0 cm³/mol. The Morgan fingerprint density at radius 2 is 2.05 bits per heavy atom. The van der Waals surface area contributed by atoms with E-state index in [1.165, 1.54) is 0 Å². The van der Waals surface area contributed by atoms with Crippen molar-refractivity contribution < 1.29 is 9.53 Å². The number of carbonyl (C=O) groups is 1. The highest BCUT2D eigenvalue weighted by atomic mass is 16.5. The highest BCUT2D eigenvalue weighted by molar-refractivity contribution is 5.95. The van der Waals surface area contributed by atoms with Gasteiger partial charge in [0, 0.05) is 26.2 Å². The van der Waals surface area contributed by atoms with Crippen LogP contribution in [0.3, 0.4) is 0 Å². The normalized spacial score (nSPS) is 19.2. The smallest absolute Gasteiger partial charge is 0.227 e. The van der Waals surface area contributed by atoms with Gasteiger partial charge in [0.15, 0.2) is 5.75 Å². The Labute approximate surface area is 112 Å². The lowest BCUT2D eigenvalue weighted by atomic mass is 10.1. The maximum absolute atomic E-state index is 11.6. The van der Waals surface area contributed by atoms with Gasteiger partial charge in [0.1, 0.15) is 0 Å². The molecular weight excluding hydrogens is 242 g/mol. The number of carbonyl (C=O) groups excluding carboxylic acids is 1. The predicted octanol–water partition coefficient (Wildman–Crippen LogP) is 1.13. The van der Waals surface area contributed by atoms with Crippen molar-refractivity contribution in [2.24, 2.45) is 0 Å². The van der Waals surface area contributed by atoms with Gasteiger partial charge in [-0.2, -0.15) is 0 Å². The van der Waals surface area contributed by atoms with Crippen molar-refractivity contribution in [3.8, 4) is 5.75 Å². The Kier molecular flexibility index (Phi) is 3.29. The minimum absolute atomic E-state index is 0.0237. The van der Waals surface area contributed by atoms with Gasteiger partial charge in [-0.3, -0.25) is 4.79 Å². The molecule has 2 N–H and O–H groups in total. The molecule has 0 bridgehead atoms. The fourth-order valence-corrected chi connectivity index (χ4v) is 2.60. The van der Waals surface area contributed by atoms with Crippen LogP contribution in [-0.4, -0.2) is 38.7 Å². The van der Waals surface area contributed by atoms with Crippen LogP contribution < -0.4 is 20.3 Å². The second-order valence-corrected chi connectivity index (χ2v) is 5.04. The summed E-state index contributed by atoms with van der Waals surface area (Å²) in [4.78, 5) is 13.9. The summed E-state index contributed by atoms with van der Waals surface area (Å²) < 4.78 is 5.81. The number of amides is 1. The van der Waals surface area contributed by atoms with Gasteiger partial charge in [-0.25, -0.2) is 0 Å². The lowest BCUT2D eigenvalue weighted by Gasteiger charge is -2.31. The van der Waals surface area contributed by atoms with E-state index in [4.69, 9.17) is 4.74 Å². The van der Waals surface area contributed by atoms with Gasteiger partial charge in [0.25, 0.3) is 0 Å². The molecule has 1 fully saturated rings. The molecule has 0 unspecified atom stereocenters. The molecule has 0 radical (unpaired) electrons. The topological polar surface area (TPSA) is 53.6 Å². The summed E-state index contributed by atoms with van der Waals surface area (Å²) in [7, 11) is 0. The highest BCUT2D eigenvalue weighted by Gasteiger charge is 2.22. The number of piperazine rings is 1. The fraction of sp³-hybridized carbons (Fsp3) is 0.500. The number of rotatable bonds is 1. The first-order valence-corrected chi connectivity index (χ1v) is 6.77. The second-order valence-electron chi connectivity index (χ2n) is 5.04. The minimum Gasteiger partial charge on any atom is -0.489 e. The molecule has 2 aliphatic rings. The van der Waals surface area contributed by atoms with E-state index >= 15 is 0 Å². The van der Waals surface area contributed by atoms with Crippen LogP contribution in [0.15, 0.2) is 12.1 Å². The number of hydrogen-bond donors (Lipinski definition) is 2. The third-order valence-electron chi connectivity index (χ3n) is 3.52. The maximum Gasteiger partial charge on any atom is 0.227 e. The van der Waals surface area contributed by atoms with Crippen LogP contribution in [0, 0.1) is 6.92 Å². The van der Waals surface area contributed by atoms with Crippen LogP contribution in [0.1, 0.15) is 12.0 Å². The number of ether oxygens (including phenoxy) is 1. The SMILES string of the molecule is Cc1cc2c(c(N3CCNCC3)c1)OCCC(=O)N2. The van der Waals surface area contributed by atoms with Gasteiger partial charge in [0.05, 0.1) is 24.4 Å². The summed E-state index contributed by atoms with van der Waals surface area (Å²) in [6.45, 7) is 6.38. The van der Waals surface area contributed by atoms with Crippen molar-refractivity contribution in [2.45, 2.75) is 13.3 Å². The van der Waals surface area contributed by atoms with Crippen LogP contribution in [0.2, 0.25) is 0 Å². The average Bonchev–Trinajstić information content (AvgIpc) is 2.59. The van der Waals surface area contributed by atoms with E-state index in [0.717, 1.165) is 48.9 Å². The quantitative estimate of drug-likeness (QED) is 0.795. The zero-order chi connectivity index (χ0) is 13.2.